The molecule has 116 valence electrons. The van der Waals surface area contributed by atoms with Crippen LogP contribution in [-0.2, 0) is 9.47 Å². The molecule has 0 unspecified atom stereocenters. The van der Waals surface area contributed by atoms with Gasteiger partial charge in [0.15, 0.2) is 0 Å². The monoisotopic (exact) mass is 293 g/mol. The highest BCUT2D eigenvalue weighted by Crippen LogP contribution is 2.15. The maximum atomic E-state index is 12.4. The number of hydrogen-bond acceptors (Lipinski definition) is 4. The highest BCUT2D eigenvalue weighted by atomic mass is 16.5. The second-order valence-corrected chi connectivity index (χ2v) is 4.90. The van der Waals surface area contributed by atoms with Gasteiger partial charge in [0, 0.05) is 18.8 Å². The first kappa shape index (κ1) is 15.8. The number of carbonyl (C=O) groups excluding carboxylic acids is 1. The quantitative estimate of drug-likeness (QED) is 0.871. The van der Waals surface area contributed by atoms with Gasteiger partial charge in [-0.25, -0.2) is 0 Å². The average Bonchev–Trinajstić information content (AvgIpc) is 2.50. The van der Waals surface area contributed by atoms with E-state index in [-0.39, 0.29) is 18.1 Å². The first-order valence-electron chi connectivity index (χ1n) is 7.47. The van der Waals surface area contributed by atoms with Crippen molar-refractivity contribution in [3.63, 3.8) is 0 Å². The maximum Gasteiger partial charge on any atom is 0.251 e. The fourth-order valence-corrected chi connectivity index (χ4v) is 2.40. The Morgan fingerprint density at radius 1 is 1.38 bits per heavy atom. The summed E-state index contributed by atoms with van der Waals surface area (Å²) in [4.78, 5) is 12.4. The van der Waals surface area contributed by atoms with Gasteiger partial charge in [0.05, 0.1) is 19.3 Å². The van der Waals surface area contributed by atoms with E-state index in [1.54, 1.807) is 12.1 Å². The van der Waals surface area contributed by atoms with Crippen LogP contribution in [-0.4, -0.2) is 44.5 Å². The Hall–Kier alpha value is -1.59. The van der Waals surface area contributed by atoms with Crippen LogP contribution in [0.5, 0.6) is 5.75 Å². The molecule has 0 radical (unpaired) electrons. The minimum atomic E-state index is -0.104. The summed E-state index contributed by atoms with van der Waals surface area (Å²) in [6.07, 6.45) is 0.685. The van der Waals surface area contributed by atoms with Crippen molar-refractivity contribution in [2.24, 2.45) is 0 Å². The van der Waals surface area contributed by atoms with Crippen molar-refractivity contribution in [2.45, 2.75) is 32.4 Å². The predicted octanol–water partition coefficient (Wildman–Crippen LogP) is 2.01. The molecule has 0 spiro atoms. The molecule has 1 saturated heterocycles. The summed E-state index contributed by atoms with van der Waals surface area (Å²) in [6, 6.07) is 7.20. The lowest BCUT2D eigenvalue weighted by Gasteiger charge is -2.31. The van der Waals surface area contributed by atoms with Crippen LogP contribution >= 0.6 is 0 Å². The number of ether oxygens (including phenoxy) is 3. The molecule has 1 aromatic rings. The molecule has 21 heavy (non-hydrogen) atoms. The van der Waals surface area contributed by atoms with Crippen LogP contribution < -0.4 is 10.1 Å². The Balaban J connectivity index is 2.00. The molecule has 0 saturated carbocycles. The fraction of sp³-hybridized carbons (Fsp3) is 0.562. The van der Waals surface area contributed by atoms with Gasteiger partial charge in [-0.3, -0.25) is 4.79 Å². The van der Waals surface area contributed by atoms with Crippen LogP contribution in [0.2, 0.25) is 0 Å². The van der Waals surface area contributed by atoms with Crippen molar-refractivity contribution in [3.8, 4) is 5.75 Å². The zero-order valence-corrected chi connectivity index (χ0v) is 12.6. The second kappa shape index (κ2) is 8.00. The summed E-state index contributed by atoms with van der Waals surface area (Å²) < 4.78 is 16.5. The van der Waals surface area contributed by atoms with Gasteiger partial charge in [-0.1, -0.05) is 6.07 Å². The van der Waals surface area contributed by atoms with E-state index in [1.165, 1.54) is 0 Å². The van der Waals surface area contributed by atoms with E-state index in [1.807, 2.05) is 26.0 Å². The lowest BCUT2D eigenvalue weighted by Crippen LogP contribution is -2.50. The molecular formula is C16H23NO4. The standard InChI is InChI=1S/C16H23NO4/c1-3-20-13-7-5-6-12(10-13)16(18)17-14-8-9-19-11-15(14)21-4-2/h5-7,10,14-15H,3-4,8-9,11H2,1-2H3,(H,17,18)/t14-,15-/m1/s1. The molecule has 0 aromatic heterocycles. The number of amides is 1. The number of benzene rings is 1. The lowest BCUT2D eigenvalue weighted by molar-refractivity contribution is -0.0632. The third-order valence-corrected chi connectivity index (χ3v) is 3.41. The Morgan fingerprint density at radius 2 is 2.24 bits per heavy atom. The van der Waals surface area contributed by atoms with Gasteiger partial charge in [0.1, 0.15) is 11.9 Å². The third kappa shape index (κ3) is 4.44. The number of rotatable bonds is 6. The topological polar surface area (TPSA) is 56.8 Å². The minimum Gasteiger partial charge on any atom is -0.494 e. The van der Waals surface area contributed by atoms with Crippen molar-refractivity contribution >= 4 is 5.91 Å². The minimum absolute atomic E-state index is 0.0121. The van der Waals surface area contributed by atoms with E-state index in [2.05, 4.69) is 5.32 Å². The van der Waals surface area contributed by atoms with E-state index < -0.39 is 0 Å². The van der Waals surface area contributed by atoms with E-state index in [0.717, 1.165) is 6.42 Å². The summed E-state index contributed by atoms with van der Waals surface area (Å²) in [5.74, 6) is 0.603. The summed E-state index contributed by atoms with van der Waals surface area (Å²) >= 11 is 0. The molecule has 0 bridgehead atoms. The maximum absolute atomic E-state index is 12.4. The molecule has 1 heterocycles. The highest BCUT2D eigenvalue weighted by molar-refractivity contribution is 5.94. The van der Waals surface area contributed by atoms with Gasteiger partial charge >= 0.3 is 0 Å². The Kier molecular flexibility index (Phi) is 6.02. The van der Waals surface area contributed by atoms with Crippen LogP contribution in [0.1, 0.15) is 30.6 Å². The Morgan fingerprint density at radius 3 is 3.00 bits per heavy atom. The largest absolute Gasteiger partial charge is 0.494 e. The van der Waals surface area contributed by atoms with Crippen LogP contribution in [0.4, 0.5) is 0 Å². The molecule has 2 atom stereocenters. The molecule has 0 aliphatic carbocycles. The molecule has 1 fully saturated rings. The van der Waals surface area contributed by atoms with Gasteiger partial charge in [0.2, 0.25) is 0 Å². The van der Waals surface area contributed by atoms with Crippen molar-refractivity contribution in [2.75, 3.05) is 26.4 Å². The fourth-order valence-electron chi connectivity index (χ4n) is 2.40. The van der Waals surface area contributed by atoms with E-state index in [4.69, 9.17) is 14.2 Å². The van der Waals surface area contributed by atoms with Crippen molar-refractivity contribution in [1.82, 2.24) is 5.32 Å². The van der Waals surface area contributed by atoms with E-state index in [9.17, 15) is 4.79 Å². The number of hydrogen-bond donors (Lipinski definition) is 1. The van der Waals surface area contributed by atoms with Crippen LogP contribution in [0.15, 0.2) is 24.3 Å². The number of carbonyl (C=O) groups is 1. The van der Waals surface area contributed by atoms with E-state index in [0.29, 0.717) is 37.7 Å². The normalized spacial score (nSPS) is 21.8. The van der Waals surface area contributed by atoms with E-state index >= 15 is 0 Å². The van der Waals surface area contributed by atoms with Crippen molar-refractivity contribution in [3.05, 3.63) is 29.8 Å². The van der Waals surface area contributed by atoms with Crippen LogP contribution in [0, 0.1) is 0 Å². The Labute approximate surface area is 125 Å². The van der Waals surface area contributed by atoms with Crippen LogP contribution in [0.3, 0.4) is 0 Å². The lowest BCUT2D eigenvalue weighted by atomic mass is 10.1. The summed E-state index contributed by atoms with van der Waals surface area (Å²) in [5, 5.41) is 3.04. The molecule has 5 heteroatoms. The first-order chi connectivity index (χ1) is 10.2. The zero-order chi connectivity index (χ0) is 15.1. The molecule has 1 aliphatic heterocycles. The molecule has 5 nitrogen and oxygen atoms in total. The SMILES string of the molecule is CCOc1cccc(C(=O)N[C@@H]2CCOC[C@H]2OCC)c1. The van der Waals surface area contributed by atoms with Crippen LogP contribution in [0.25, 0.3) is 0 Å². The zero-order valence-electron chi connectivity index (χ0n) is 12.6. The van der Waals surface area contributed by atoms with Crippen molar-refractivity contribution < 1.29 is 19.0 Å². The molecule has 1 amide bonds. The molecular weight excluding hydrogens is 270 g/mol. The molecule has 1 aromatic carbocycles. The van der Waals surface area contributed by atoms with Gasteiger partial charge < -0.3 is 19.5 Å². The Bertz CT molecular complexity index is 461. The summed E-state index contributed by atoms with van der Waals surface area (Å²) in [7, 11) is 0. The summed E-state index contributed by atoms with van der Waals surface area (Å²) in [5.41, 5.74) is 0.600. The van der Waals surface area contributed by atoms with Gasteiger partial charge in [-0.15, -0.1) is 0 Å². The second-order valence-electron chi connectivity index (χ2n) is 4.90. The predicted molar refractivity (Wildman–Crippen MR) is 79.7 cm³/mol. The molecule has 1 N–H and O–H groups in total. The van der Waals surface area contributed by atoms with Gasteiger partial charge in [-0.2, -0.15) is 0 Å². The smallest absolute Gasteiger partial charge is 0.251 e. The van der Waals surface area contributed by atoms with Gasteiger partial charge in [-0.05, 0) is 38.5 Å². The average molecular weight is 293 g/mol. The van der Waals surface area contributed by atoms with Gasteiger partial charge in [0.25, 0.3) is 5.91 Å². The molecule has 2 rings (SSSR count). The number of nitrogens with one attached hydrogen (secondary N) is 1. The van der Waals surface area contributed by atoms with Crippen molar-refractivity contribution in [1.29, 1.82) is 0 Å². The summed E-state index contributed by atoms with van der Waals surface area (Å²) in [6.45, 7) is 6.23. The molecule has 1 aliphatic rings. The highest BCUT2D eigenvalue weighted by Gasteiger charge is 2.27. The third-order valence-electron chi connectivity index (χ3n) is 3.41. The first-order valence-corrected chi connectivity index (χ1v) is 7.47.